The third kappa shape index (κ3) is 2.84. The molecular formula is C16H19N5S2. The maximum Gasteiger partial charge on any atom is 0.140 e. The average molecular weight is 345 g/mol. The first kappa shape index (κ1) is 15.0. The van der Waals surface area contributed by atoms with E-state index in [1.54, 1.807) is 29.0 Å². The molecule has 3 aromatic heterocycles. The summed E-state index contributed by atoms with van der Waals surface area (Å²) in [4.78, 5) is 20.7. The fourth-order valence-electron chi connectivity index (χ4n) is 3.13. The molecule has 0 amide bonds. The van der Waals surface area contributed by atoms with Gasteiger partial charge in [0.1, 0.15) is 22.0 Å². The lowest BCUT2D eigenvalue weighted by Crippen LogP contribution is -2.47. The number of anilines is 1. The number of aromatic nitrogens is 3. The van der Waals surface area contributed by atoms with Crippen LogP contribution in [0.1, 0.15) is 22.9 Å². The lowest BCUT2D eigenvalue weighted by Gasteiger charge is -2.38. The second-order valence-corrected chi connectivity index (χ2v) is 8.00. The largest absolute Gasteiger partial charge is 0.353 e. The van der Waals surface area contributed by atoms with E-state index in [-0.39, 0.29) is 0 Å². The van der Waals surface area contributed by atoms with Crippen LogP contribution in [0, 0.1) is 6.92 Å². The molecule has 5 nitrogen and oxygen atoms in total. The predicted octanol–water partition coefficient (Wildman–Crippen LogP) is 3.34. The Morgan fingerprint density at radius 1 is 1.13 bits per heavy atom. The number of thiophene rings is 1. The van der Waals surface area contributed by atoms with Crippen LogP contribution in [0.2, 0.25) is 0 Å². The van der Waals surface area contributed by atoms with Gasteiger partial charge in [-0.25, -0.2) is 15.0 Å². The molecule has 4 heterocycles. The minimum absolute atomic E-state index is 0.394. The zero-order valence-electron chi connectivity index (χ0n) is 13.3. The van der Waals surface area contributed by atoms with Crippen LogP contribution in [0.3, 0.4) is 0 Å². The van der Waals surface area contributed by atoms with Crippen molar-refractivity contribution in [3.05, 3.63) is 33.9 Å². The van der Waals surface area contributed by atoms with E-state index in [4.69, 9.17) is 0 Å². The number of hydrogen-bond donors (Lipinski definition) is 0. The predicted molar refractivity (Wildman–Crippen MR) is 96.5 cm³/mol. The van der Waals surface area contributed by atoms with Crippen molar-refractivity contribution >= 4 is 38.7 Å². The van der Waals surface area contributed by atoms with Crippen molar-refractivity contribution in [1.29, 1.82) is 0 Å². The summed E-state index contributed by atoms with van der Waals surface area (Å²) in [6, 6.07) is 2.60. The van der Waals surface area contributed by atoms with Crippen molar-refractivity contribution < 1.29 is 0 Å². The summed E-state index contributed by atoms with van der Waals surface area (Å²) < 4.78 is 0. The van der Waals surface area contributed by atoms with Crippen LogP contribution in [-0.2, 0) is 0 Å². The summed E-state index contributed by atoms with van der Waals surface area (Å²) in [5, 5.41) is 4.45. The smallest absolute Gasteiger partial charge is 0.140 e. The molecule has 1 fully saturated rings. The highest BCUT2D eigenvalue weighted by Gasteiger charge is 2.25. The van der Waals surface area contributed by atoms with Gasteiger partial charge in [0.05, 0.1) is 11.4 Å². The molecule has 0 bridgehead atoms. The quantitative estimate of drug-likeness (QED) is 0.728. The Bertz CT molecular complexity index is 790. The molecular weight excluding hydrogens is 326 g/mol. The van der Waals surface area contributed by atoms with Gasteiger partial charge >= 0.3 is 0 Å². The molecule has 1 unspecified atom stereocenters. The monoisotopic (exact) mass is 345 g/mol. The van der Waals surface area contributed by atoms with Gasteiger partial charge in [0.15, 0.2) is 0 Å². The van der Waals surface area contributed by atoms with E-state index < -0.39 is 0 Å². The van der Waals surface area contributed by atoms with Gasteiger partial charge in [-0.1, -0.05) is 0 Å². The number of rotatable bonds is 3. The van der Waals surface area contributed by atoms with E-state index in [1.807, 2.05) is 6.20 Å². The van der Waals surface area contributed by atoms with E-state index in [1.165, 1.54) is 15.3 Å². The van der Waals surface area contributed by atoms with Crippen molar-refractivity contribution in [1.82, 2.24) is 19.9 Å². The van der Waals surface area contributed by atoms with E-state index in [0.717, 1.165) is 36.8 Å². The number of hydrogen-bond acceptors (Lipinski definition) is 7. The molecule has 0 N–H and O–H groups in total. The Balaban J connectivity index is 1.51. The fourth-order valence-corrected chi connectivity index (χ4v) is 4.70. The van der Waals surface area contributed by atoms with Crippen LogP contribution in [-0.4, -0.2) is 46.0 Å². The van der Waals surface area contributed by atoms with E-state index in [2.05, 4.69) is 50.0 Å². The van der Waals surface area contributed by atoms with Crippen molar-refractivity contribution in [3.63, 3.8) is 0 Å². The van der Waals surface area contributed by atoms with Crippen LogP contribution in [0.4, 0.5) is 5.82 Å². The Morgan fingerprint density at radius 3 is 2.70 bits per heavy atom. The molecule has 23 heavy (non-hydrogen) atoms. The Kier molecular flexibility index (Phi) is 4.00. The summed E-state index contributed by atoms with van der Waals surface area (Å²) in [7, 11) is 0. The number of thiazole rings is 1. The molecule has 1 saturated heterocycles. The highest BCUT2D eigenvalue weighted by molar-refractivity contribution is 7.18. The summed E-state index contributed by atoms with van der Waals surface area (Å²) in [5.41, 5.74) is 0. The number of nitrogens with zero attached hydrogens (tertiary/aromatic N) is 5. The van der Waals surface area contributed by atoms with Crippen molar-refractivity contribution in [2.24, 2.45) is 0 Å². The molecule has 4 rings (SSSR count). The molecule has 0 radical (unpaired) electrons. The molecule has 3 aromatic rings. The van der Waals surface area contributed by atoms with Gasteiger partial charge in [0.2, 0.25) is 0 Å². The van der Waals surface area contributed by atoms with Gasteiger partial charge in [0.25, 0.3) is 0 Å². The van der Waals surface area contributed by atoms with E-state index >= 15 is 0 Å². The van der Waals surface area contributed by atoms with E-state index in [9.17, 15) is 0 Å². The van der Waals surface area contributed by atoms with Gasteiger partial charge in [-0.15, -0.1) is 22.7 Å². The summed E-state index contributed by atoms with van der Waals surface area (Å²) in [5.74, 6) is 1.08. The Morgan fingerprint density at radius 2 is 1.96 bits per heavy atom. The minimum Gasteiger partial charge on any atom is -0.353 e. The standard InChI is InChI=1S/C16H19N5S2/c1-11-9-13-14(18-10-19-16(13)23-11)21-6-4-20(5-7-21)12(2)15-17-3-8-22-15/h3,8-10,12H,4-7H2,1-2H3. The molecule has 7 heteroatoms. The van der Waals surface area contributed by atoms with Gasteiger partial charge in [0, 0.05) is 42.6 Å². The van der Waals surface area contributed by atoms with Gasteiger partial charge in [-0.2, -0.15) is 0 Å². The van der Waals surface area contributed by atoms with Gasteiger partial charge in [-0.3, -0.25) is 4.90 Å². The van der Waals surface area contributed by atoms with Crippen molar-refractivity contribution in [3.8, 4) is 0 Å². The highest BCUT2D eigenvalue weighted by Crippen LogP contribution is 2.31. The third-order valence-corrected chi connectivity index (χ3v) is 6.31. The number of aryl methyl sites for hydroxylation is 1. The molecule has 0 aliphatic carbocycles. The Labute approximate surface area is 143 Å². The van der Waals surface area contributed by atoms with Crippen LogP contribution < -0.4 is 4.90 Å². The molecule has 120 valence electrons. The SMILES string of the molecule is Cc1cc2c(N3CCN(C(C)c4nccs4)CC3)ncnc2s1. The summed E-state index contributed by atoms with van der Waals surface area (Å²) in [6.45, 7) is 8.45. The van der Waals surface area contributed by atoms with Crippen LogP contribution in [0.15, 0.2) is 24.0 Å². The molecule has 1 aliphatic rings. The van der Waals surface area contributed by atoms with Crippen molar-refractivity contribution in [2.45, 2.75) is 19.9 Å². The maximum atomic E-state index is 4.56. The van der Waals surface area contributed by atoms with Crippen LogP contribution in [0.25, 0.3) is 10.2 Å². The average Bonchev–Trinajstić information content (AvgIpc) is 3.22. The topological polar surface area (TPSA) is 45.2 Å². The lowest BCUT2D eigenvalue weighted by molar-refractivity contribution is 0.198. The number of piperazine rings is 1. The molecule has 0 aromatic carbocycles. The Hall–Kier alpha value is -1.57. The minimum atomic E-state index is 0.394. The molecule has 1 atom stereocenters. The normalized spacial score (nSPS) is 17.7. The van der Waals surface area contributed by atoms with Gasteiger partial charge in [-0.05, 0) is 19.9 Å². The van der Waals surface area contributed by atoms with Crippen molar-refractivity contribution in [2.75, 3.05) is 31.1 Å². The van der Waals surface area contributed by atoms with Crippen LogP contribution >= 0.6 is 22.7 Å². The highest BCUT2D eigenvalue weighted by atomic mass is 32.1. The summed E-state index contributed by atoms with van der Waals surface area (Å²) in [6.07, 6.45) is 3.58. The van der Waals surface area contributed by atoms with E-state index in [0.29, 0.717) is 6.04 Å². The fraction of sp³-hybridized carbons (Fsp3) is 0.438. The second-order valence-electron chi connectivity index (χ2n) is 5.84. The molecule has 0 saturated carbocycles. The zero-order chi connectivity index (χ0) is 15.8. The molecule has 1 aliphatic heterocycles. The molecule has 0 spiro atoms. The first-order chi connectivity index (χ1) is 11.2. The second kappa shape index (κ2) is 6.14. The number of fused-ring (bicyclic) bond motifs is 1. The summed E-state index contributed by atoms with van der Waals surface area (Å²) >= 11 is 3.48. The first-order valence-electron chi connectivity index (χ1n) is 7.82. The third-order valence-electron chi connectivity index (χ3n) is 4.40. The first-order valence-corrected chi connectivity index (χ1v) is 9.51. The lowest BCUT2D eigenvalue weighted by atomic mass is 10.2. The van der Waals surface area contributed by atoms with Crippen LogP contribution in [0.5, 0.6) is 0 Å². The van der Waals surface area contributed by atoms with Gasteiger partial charge < -0.3 is 4.90 Å². The maximum absolute atomic E-state index is 4.56. The zero-order valence-corrected chi connectivity index (χ0v) is 14.9.